The van der Waals surface area contributed by atoms with Crippen molar-refractivity contribution in [2.75, 3.05) is 44.4 Å². The second-order valence-electron chi connectivity index (χ2n) is 4.28. The standard InChI is InChI=1S/C15H20F2N2O2/c1-3-20-7-5-19(6-8-21-4-2)15-13(16)9-12(11-18)10-14(15)17/h9-10H,3-8H2,1-2H3. The molecule has 1 aromatic carbocycles. The highest BCUT2D eigenvalue weighted by atomic mass is 19.1. The predicted octanol–water partition coefficient (Wildman–Crippen LogP) is 2.72. The highest BCUT2D eigenvalue weighted by Gasteiger charge is 2.18. The van der Waals surface area contributed by atoms with Gasteiger partial charge in [0.25, 0.3) is 0 Å². The fourth-order valence-electron chi connectivity index (χ4n) is 1.91. The van der Waals surface area contributed by atoms with Gasteiger partial charge in [-0.2, -0.15) is 5.26 Å². The zero-order valence-corrected chi connectivity index (χ0v) is 12.4. The van der Waals surface area contributed by atoms with Crippen molar-refractivity contribution in [1.29, 1.82) is 5.26 Å². The molecule has 0 fully saturated rings. The first-order valence-electron chi connectivity index (χ1n) is 6.93. The van der Waals surface area contributed by atoms with E-state index in [9.17, 15) is 8.78 Å². The van der Waals surface area contributed by atoms with Crippen molar-refractivity contribution in [2.24, 2.45) is 0 Å². The van der Waals surface area contributed by atoms with Crippen molar-refractivity contribution in [1.82, 2.24) is 0 Å². The maximum Gasteiger partial charge on any atom is 0.150 e. The first kappa shape index (κ1) is 17.3. The van der Waals surface area contributed by atoms with Gasteiger partial charge in [-0.1, -0.05) is 0 Å². The Morgan fingerprint density at radius 2 is 1.52 bits per heavy atom. The summed E-state index contributed by atoms with van der Waals surface area (Å²) in [7, 11) is 0. The van der Waals surface area contributed by atoms with Crippen LogP contribution in [0, 0.1) is 23.0 Å². The molecule has 0 heterocycles. The Kier molecular flexibility index (Phi) is 7.65. The molecule has 0 aliphatic rings. The van der Waals surface area contributed by atoms with Crippen LogP contribution < -0.4 is 4.90 Å². The average molecular weight is 298 g/mol. The van der Waals surface area contributed by atoms with Gasteiger partial charge in [-0.15, -0.1) is 0 Å². The van der Waals surface area contributed by atoms with Crippen LogP contribution in [0.4, 0.5) is 14.5 Å². The third kappa shape index (κ3) is 5.29. The zero-order valence-electron chi connectivity index (χ0n) is 12.4. The molecular formula is C15H20F2N2O2. The Labute approximate surface area is 123 Å². The molecule has 0 saturated heterocycles. The van der Waals surface area contributed by atoms with E-state index in [0.29, 0.717) is 39.5 Å². The highest BCUT2D eigenvalue weighted by molar-refractivity contribution is 5.52. The third-order valence-corrected chi connectivity index (χ3v) is 2.88. The van der Waals surface area contributed by atoms with E-state index in [1.165, 1.54) is 4.90 Å². The zero-order chi connectivity index (χ0) is 15.7. The van der Waals surface area contributed by atoms with Crippen LogP contribution in [-0.4, -0.2) is 39.5 Å². The van der Waals surface area contributed by atoms with E-state index in [1.807, 2.05) is 13.8 Å². The summed E-state index contributed by atoms with van der Waals surface area (Å²) in [5.74, 6) is -1.50. The van der Waals surface area contributed by atoms with Gasteiger partial charge >= 0.3 is 0 Å². The Bertz CT molecular complexity index is 456. The normalized spacial score (nSPS) is 10.4. The van der Waals surface area contributed by atoms with Crippen LogP contribution in [0.5, 0.6) is 0 Å². The third-order valence-electron chi connectivity index (χ3n) is 2.88. The monoisotopic (exact) mass is 298 g/mol. The molecule has 0 N–H and O–H groups in total. The molecule has 0 spiro atoms. The van der Waals surface area contributed by atoms with E-state index < -0.39 is 11.6 Å². The summed E-state index contributed by atoms with van der Waals surface area (Å²) in [6.45, 7) is 6.21. The lowest BCUT2D eigenvalue weighted by Crippen LogP contribution is -2.32. The van der Waals surface area contributed by atoms with E-state index >= 15 is 0 Å². The molecule has 21 heavy (non-hydrogen) atoms. The number of nitriles is 1. The molecular weight excluding hydrogens is 278 g/mol. The largest absolute Gasteiger partial charge is 0.380 e. The highest BCUT2D eigenvalue weighted by Crippen LogP contribution is 2.24. The number of hydrogen-bond acceptors (Lipinski definition) is 4. The number of rotatable bonds is 9. The van der Waals surface area contributed by atoms with E-state index in [-0.39, 0.29) is 11.3 Å². The van der Waals surface area contributed by atoms with E-state index in [1.54, 1.807) is 6.07 Å². The summed E-state index contributed by atoms with van der Waals surface area (Å²) in [6.07, 6.45) is 0. The number of hydrogen-bond donors (Lipinski definition) is 0. The fraction of sp³-hybridized carbons (Fsp3) is 0.533. The maximum atomic E-state index is 14.1. The van der Waals surface area contributed by atoms with Gasteiger partial charge < -0.3 is 14.4 Å². The van der Waals surface area contributed by atoms with Gasteiger partial charge in [-0.3, -0.25) is 0 Å². The van der Waals surface area contributed by atoms with Gasteiger partial charge in [0.2, 0.25) is 0 Å². The second kappa shape index (κ2) is 9.27. The molecule has 4 nitrogen and oxygen atoms in total. The quantitative estimate of drug-likeness (QED) is 0.658. The van der Waals surface area contributed by atoms with E-state index in [0.717, 1.165) is 12.1 Å². The molecule has 1 aromatic rings. The Balaban J connectivity index is 2.92. The fourth-order valence-corrected chi connectivity index (χ4v) is 1.91. The lowest BCUT2D eigenvalue weighted by atomic mass is 10.2. The molecule has 0 radical (unpaired) electrons. The van der Waals surface area contributed by atoms with Crippen molar-refractivity contribution < 1.29 is 18.3 Å². The van der Waals surface area contributed by atoms with Gasteiger partial charge in [0.15, 0.2) is 11.6 Å². The molecule has 0 aliphatic heterocycles. The molecule has 0 aliphatic carbocycles. The van der Waals surface area contributed by atoms with Crippen LogP contribution in [0.2, 0.25) is 0 Å². The minimum atomic E-state index is -0.750. The van der Waals surface area contributed by atoms with Crippen LogP contribution in [0.15, 0.2) is 12.1 Å². The van der Waals surface area contributed by atoms with Crippen LogP contribution in [0.3, 0.4) is 0 Å². The molecule has 0 saturated carbocycles. The average Bonchev–Trinajstić information content (AvgIpc) is 2.46. The summed E-state index contributed by atoms with van der Waals surface area (Å²) in [5, 5.41) is 8.73. The smallest absolute Gasteiger partial charge is 0.150 e. The molecule has 6 heteroatoms. The minimum absolute atomic E-state index is 0.0386. The van der Waals surface area contributed by atoms with Gasteiger partial charge in [-0.25, -0.2) is 8.78 Å². The number of ether oxygens (including phenoxy) is 2. The molecule has 0 bridgehead atoms. The summed E-state index contributed by atoms with van der Waals surface area (Å²) in [4.78, 5) is 1.54. The lowest BCUT2D eigenvalue weighted by molar-refractivity contribution is 0.141. The molecule has 0 amide bonds. The van der Waals surface area contributed by atoms with E-state index in [2.05, 4.69) is 0 Å². The summed E-state index contributed by atoms with van der Waals surface area (Å²) >= 11 is 0. The first-order chi connectivity index (χ1) is 10.1. The minimum Gasteiger partial charge on any atom is -0.380 e. The Hall–Kier alpha value is -1.71. The summed E-state index contributed by atoms with van der Waals surface area (Å²) in [6, 6.07) is 3.80. The predicted molar refractivity (Wildman–Crippen MR) is 76.3 cm³/mol. The number of anilines is 1. The lowest BCUT2D eigenvalue weighted by Gasteiger charge is -2.25. The number of nitrogens with zero attached hydrogens (tertiary/aromatic N) is 2. The second-order valence-corrected chi connectivity index (χ2v) is 4.28. The van der Waals surface area contributed by atoms with Gasteiger partial charge in [0.05, 0.1) is 24.8 Å². The molecule has 0 atom stereocenters. The topological polar surface area (TPSA) is 45.5 Å². The molecule has 1 rings (SSSR count). The van der Waals surface area contributed by atoms with Crippen LogP contribution >= 0.6 is 0 Å². The molecule has 116 valence electrons. The SMILES string of the molecule is CCOCCN(CCOCC)c1c(F)cc(C#N)cc1F. The van der Waals surface area contributed by atoms with Gasteiger partial charge in [0.1, 0.15) is 5.69 Å². The Morgan fingerprint density at radius 3 is 1.90 bits per heavy atom. The maximum absolute atomic E-state index is 14.1. The Morgan fingerprint density at radius 1 is 1.05 bits per heavy atom. The molecule has 0 aromatic heterocycles. The number of benzene rings is 1. The van der Waals surface area contributed by atoms with Crippen molar-refractivity contribution in [2.45, 2.75) is 13.8 Å². The number of halogens is 2. The summed E-state index contributed by atoms with van der Waals surface area (Å²) < 4.78 is 38.6. The van der Waals surface area contributed by atoms with Gasteiger partial charge in [-0.05, 0) is 26.0 Å². The van der Waals surface area contributed by atoms with Crippen molar-refractivity contribution in [3.05, 3.63) is 29.3 Å². The van der Waals surface area contributed by atoms with Crippen molar-refractivity contribution >= 4 is 5.69 Å². The van der Waals surface area contributed by atoms with Crippen molar-refractivity contribution in [3.8, 4) is 6.07 Å². The summed E-state index contributed by atoms with van der Waals surface area (Å²) in [5.41, 5.74) is -0.184. The van der Waals surface area contributed by atoms with E-state index in [4.69, 9.17) is 14.7 Å². The van der Waals surface area contributed by atoms with Crippen LogP contribution in [0.1, 0.15) is 19.4 Å². The van der Waals surface area contributed by atoms with Crippen molar-refractivity contribution in [3.63, 3.8) is 0 Å². The van der Waals surface area contributed by atoms with Gasteiger partial charge in [0, 0.05) is 26.3 Å². The van der Waals surface area contributed by atoms with Crippen LogP contribution in [0.25, 0.3) is 0 Å². The molecule has 0 unspecified atom stereocenters. The van der Waals surface area contributed by atoms with Crippen LogP contribution in [-0.2, 0) is 9.47 Å². The first-order valence-corrected chi connectivity index (χ1v) is 6.93.